The minimum Gasteiger partial charge on any atom is -0.429 e. The van der Waals surface area contributed by atoms with E-state index < -0.39 is 88.5 Å². The number of carbonyl (C=O) groups is 1. The quantitative estimate of drug-likeness (QED) is 0.0659. The molecule has 24 heteroatoms. The van der Waals surface area contributed by atoms with Gasteiger partial charge in [0, 0.05) is 42.6 Å². The molecule has 0 aromatic heterocycles. The lowest BCUT2D eigenvalue weighted by Gasteiger charge is -2.29. The molecule has 0 bridgehead atoms. The first-order valence-corrected chi connectivity index (χ1v) is 23.9. The average molecular weight is 884 g/mol. The maximum atomic E-state index is 12.5. The van der Waals surface area contributed by atoms with Crippen molar-refractivity contribution in [2.75, 3.05) is 35.2 Å². The van der Waals surface area contributed by atoms with Crippen LogP contribution in [-0.4, -0.2) is 112 Å². The Balaban J connectivity index is 1.87. The molecule has 308 valence electrons. The van der Waals surface area contributed by atoms with Crippen LogP contribution in [0.25, 0.3) is 0 Å². The number of hydrogen-bond donors (Lipinski definition) is 5. The Morgan fingerprint density at radius 2 is 1.39 bits per heavy atom. The van der Waals surface area contributed by atoms with Crippen molar-refractivity contribution in [3.63, 3.8) is 0 Å². The van der Waals surface area contributed by atoms with Gasteiger partial charge in [0.2, 0.25) is 5.69 Å². The molecule has 0 spiro atoms. The highest BCUT2D eigenvalue weighted by Gasteiger charge is 2.49. The molecule has 2 aliphatic rings. The zero-order chi connectivity index (χ0) is 42.3. The number of carbonyl (C=O) groups excluding carboxylic acids is 1. The lowest BCUT2D eigenvalue weighted by atomic mass is 9.81. The second-order valence-electron chi connectivity index (χ2n) is 13.6. The van der Waals surface area contributed by atoms with Crippen LogP contribution in [0.5, 0.6) is 5.75 Å². The Labute approximate surface area is 324 Å². The molecule has 0 saturated heterocycles. The molecular formula is C32H39N2O17S5+. The van der Waals surface area contributed by atoms with E-state index in [0.29, 0.717) is 17.3 Å². The van der Waals surface area contributed by atoms with Gasteiger partial charge in [-0.25, -0.2) is 0 Å². The SMILES string of the molecule is CC1(C)C(/C=C/C=C/C=C2/N(CCCS(=O)(=O)O)c3cc(OC=O)ccc3C2(C)CS(=O)(=O)O)=[N+](CCCS(=O)(=O)O)c2cc(S(=O)(=O)O)cc(S(=O)(=O)O)c21. The fraction of sp³-hybridized carbons (Fsp3) is 0.375. The lowest BCUT2D eigenvalue weighted by Crippen LogP contribution is -2.35. The molecule has 4 rings (SSSR count). The van der Waals surface area contributed by atoms with Crippen molar-refractivity contribution >= 4 is 74.1 Å². The maximum absolute atomic E-state index is 12.5. The number of rotatable bonds is 17. The third kappa shape index (κ3) is 10.4. The van der Waals surface area contributed by atoms with E-state index in [2.05, 4.69) is 0 Å². The summed E-state index contributed by atoms with van der Waals surface area (Å²) >= 11 is 0. The summed E-state index contributed by atoms with van der Waals surface area (Å²) in [5.41, 5.74) is -1.87. The topological polar surface area (TPSA) is 304 Å². The van der Waals surface area contributed by atoms with Crippen molar-refractivity contribution in [1.29, 1.82) is 0 Å². The first-order valence-electron chi connectivity index (χ1n) is 16.2. The summed E-state index contributed by atoms with van der Waals surface area (Å²) in [6.45, 7) is 4.40. The lowest BCUT2D eigenvalue weighted by molar-refractivity contribution is -0.437. The summed E-state index contributed by atoms with van der Waals surface area (Å²) in [7, 11) is -23.7. The van der Waals surface area contributed by atoms with Gasteiger partial charge in [0.05, 0.1) is 33.7 Å². The van der Waals surface area contributed by atoms with E-state index in [0.717, 1.165) is 6.07 Å². The molecule has 2 aromatic carbocycles. The fourth-order valence-corrected chi connectivity index (χ4v) is 10.5. The predicted molar refractivity (Wildman–Crippen MR) is 202 cm³/mol. The third-order valence-corrected chi connectivity index (χ3v) is 13.4. The van der Waals surface area contributed by atoms with Gasteiger partial charge in [0.25, 0.3) is 57.1 Å². The third-order valence-electron chi connectivity index (χ3n) is 9.14. The smallest absolute Gasteiger partial charge is 0.298 e. The van der Waals surface area contributed by atoms with Gasteiger partial charge in [-0.15, -0.1) is 0 Å². The Morgan fingerprint density at radius 3 is 1.95 bits per heavy atom. The summed E-state index contributed by atoms with van der Waals surface area (Å²) in [5.74, 6) is -2.17. The highest BCUT2D eigenvalue weighted by atomic mass is 32.2. The molecule has 56 heavy (non-hydrogen) atoms. The molecule has 2 heterocycles. The van der Waals surface area contributed by atoms with Crippen molar-refractivity contribution < 1.29 is 79.0 Å². The van der Waals surface area contributed by atoms with E-state index in [-0.39, 0.29) is 60.8 Å². The number of hydrogen-bond acceptors (Lipinski definition) is 13. The largest absolute Gasteiger partial charge is 0.429 e. The molecule has 1 unspecified atom stereocenters. The van der Waals surface area contributed by atoms with Gasteiger partial charge < -0.3 is 9.64 Å². The minimum absolute atomic E-state index is 0.0617. The van der Waals surface area contributed by atoms with Crippen molar-refractivity contribution in [3.05, 3.63) is 77.5 Å². The van der Waals surface area contributed by atoms with Crippen LogP contribution >= 0.6 is 0 Å². The molecular weight excluding hydrogens is 845 g/mol. The van der Waals surface area contributed by atoms with Gasteiger partial charge >= 0.3 is 0 Å². The van der Waals surface area contributed by atoms with Crippen LogP contribution in [0.1, 0.15) is 44.7 Å². The summed E-state index contributed by atoms with van der Waals surface area (Å²) in [4.78, 5) is 10.9. The molecule has 2 aliphatic heterocycles. The average Bonchev–Trinajstić information content (AvgIpc) is 3.36. The first kappa shape index (κ1) is 44.9. The van der Waals surface area contributed by atoms with Crippen LogP contribution < -0.4 is 9.64 Å². The minimum atomic E-state index is -5.12. The Bertz CT molecular complexity index is 2630. The number of nitrogens with zero attached hydrogens (tertiary/aromatic N) is 2. The Hall–Kier alpha value is -3.85. The van der Waals surface area contributed by atoms with Crippen molar-refractivity contribution in [2.45, 2.75) is 54.2 Å². The molecule has 0 saturated carbocycles. The van der Waals surface area contributed by atoms with Gasteiger partial charge in [0.15, 0.2) is 5.71 Å². The normalized spacial score (nSPS) is 19.6. The van der Waals surface area contributed by atoms with E-state index in [9.17, 15) is 69.6 Å². The van der Waals surface area contributed by atoms with Crippen molar-refractivity contribution in [1.82, 2.24) is 0 Å². The molecule has 0 amide bonds. The number of anilines is 1. The molecule has 0 aliphatic carbocycles. The maximum Gasteiger partial charge on any atom is 0.298 e. The summed E-state index contributed by atoms with van der Waals surface area (Å²) in [5, 5.41) is 0. The fourth-order valence-electron chi connectivity index (χ4n) is 7.00. The van der Waals surface area contributed by atoms with Crippen LogP contribution in [0, 0.1) is 0 Å². The Morgan fingerprint density at radius 1 is 0.768 bits per heavy atom. The molecule has 5 N–H and O–H groups in total. The zero-order valence-electron chi connectivity index (χ0n) is 29.9. The summed E-state index contributed by atoms with van der Waals surface area (Å²) in [6.07, 6.45) is 6.84. The van der Waals surface area contributed by atoms with E-state index >= 15 is 0 Å². The van der Waals surface area contributed by atoms with Gasteiger partial charge in [-0.2, -0.15) is 46.7 Å². The summed E-state index contributed by atoms with van der Waals surface area (Å²) in [6, 6.07) is 5.80. The summed E-state index contributed by atoms with van der Waals surface area (Å²) < 4.78 is 175. The molecule has 2 aromatic rings. The van der Waals surface area contributed by atoms with Crippen molar-refractivity contribution in [3.8, 4) is 5.75 Å². The number of allylic oxidation sites excluding steroid dienone is 6. The van der Waals surface area contributed by atoms with E-state index in [1.807, 2.05) is 0 Å². The number of fused-ring (bicyclic) bond motifs is 2. The highest BCUT2D eigenvalue weighted by Crippen LogP contribution is 2.50. The van der Waals surface area contributed by atoms with E-state index in [4.69, 9.17) is 4.74 Å². The van der Waals surface area contributed by atoms with Gasteiger partial charge in [-0.3, -0.25) is 27.6 Å². The predicted octanol–water partition coefficient (Wildman–Crippen LogP) is 2.31. The van der Waals surface area contributed by atoms with E-state index in [1.165, 1.54) is 78.8 Å². The molecule has 0 radical (unpaired) electrons. The van der Waals surface area contributed by atoms with Gasteiger partial charge in [-0.05, 0) is 51.0 Å². The van der Waals surface area contributed by atoms with Gasteiger partial charge in [0.1, 0.15) is 22.1 Å². The van der Waals surface area contributed by atoms with Crippen LogP contribution in [0.3, 0.4) is 0 Å². The Kier molecular flexibility index (Phi) is 12.7. The number of ether oxygens (including phenoxy) is 1. The van der Waals surface area contributed by atoms with Gasteiger partial charge in [-0.1, -0.05) is 24.3 Å². The highest BCUT2D eigenvalue weighted by molar-refractivity contribution is 7.87. The molecule has 1 atom stereocenters. The second kappa shape index (κ2) is 15.8. The van der Waals surface area contributed by atoms with Crippen LogP contribution in [-0.2, 0) is 66.2 Å². The van der Waals surface area contributed by atoms with E-state index in [1.54, 1.807) is 0 Å². The van der Waals surface area contributed by atoms with Crippen molar-refractivity contribution in [2.24, 2.45) is 0 Å². The standard InChI is InChI=1S/C32H38N2O17S5/c1-31(2)28(34(14-8-16-53(39,40)41)26-18-23(55(45,46)47)19-27(30(26)31)56(48,49)50)9-5-4-6-10-29-32(3,20-54(42,43)44)24-12-11-22(51-21-35)17-25(24)33(29)13-7-15-52(36,37)38/h4-6,9-12,17-19,21H,7-8,13-16,20H2,1-3H3,(H4-,36,37,38,39,40,41,42,43,44,45,46,47,48,49,50)/p+1. The number of benzene rings is 2. The molecule has 0 fully saturated rings. The van der Waals surface area contributed by atoms with Crippen LogP contribution in [0.2, 0.25) is 0 Å². The zero-order valence-corrected chi connectivity index (χ0v) is 34.0. The first-order chi connectivity index (χ1) is 25.5. The second-order valence-corrected chi connectivity index (χ2v) is 21.0. The molecule has 19 nitrogen and oxygen atoms in total. The van der Waals surface area contributed by atoms with Crippen LogP contribution in [0.15, 0.2) is 76.2 Å². The monoisotopic (exact) mass is 883 g/mol. The van der Waals surface area contributed by atoms with Crippen LogP contribution in [0.4, 0.5) is 11.4 Å².